The van der Waals surface area contributed by atoms with Crippen molar-refractivity contribution < 1.29 is 14.3 Å². The van der Waals surface area contributed by atoms with Crippen molar-refractivity contribution in [2.24, 2.45) is 0 Å². The summed E-state index contributed by atoms with van der Waals surface area (Å²) >= 11 is 5.95. The Morgan fingerprint density at radius 3 is 2.48 bits per heavy atom. The minimum Gasteiger partial charge on any atom is -0.507 e. The predicted octanol–water partition coefficient (Wildman–Crippen LogP) is 3.35. The van der Waals surface area contributed by atoms with Crippen molar-refractivity contribution in [1.29, 1.82) is 0 Å². The van der Waals surface area contributed by atoms with Gasteiger partial charge in [0.05, 0.1) is 11.5 Å². The zero-order chi connectivity index (χ0) is 20.2. The van der Waals surface area contributed by atoms with Gasteiger partial charge in [0, 0.05) is 50.4 Å². The standard InChI is InChI=1S/C22H23ClN2O4/c23-17-3-1-16(2-4-17)15-25-9-7-24(8-10-25)11-12-28-18-5-6-19-20(26)14-22(27)29-21(19)13-18/h1-6,13-14,26H,7-12,15H2. The molecule has 0 aliphatic carbocycles. The topological polar surface area (TPSA) is 66.2 Å². The molecule has 0 bridgehead atoms. The van der Waals surface area contributed by atoms with Crippen LogP contribution in [0, 0.1) is 0 Å². The van der Waals surface area contributed by atoms with Crippen LogP contribution in [0.5, 0.6) is 11.5 Å². The Bertz CT molecular complexity index is 1030. The Labute approximate surface area is 173 Å². The monoisotopic (exact) mass is 414 g/mol. The zero-order valence-corrected chi connectivity index (χ0v) is 16.8. The first-order chi connectivity index (χ1) is 14.1. The third-order valence-corrected chi connectivity index (χ3v) is 5.41. The summed E-state index contributed by atoms with van der Waals surface area (Å²) < 4.78 is 10.9. The number of halogens is 1. The molecule has 0 amide bonds. The summed E-state index contributed by atoms with van der Waals surface area (Å²) in [6, 6.07) is 14.2. The molecule has 4 rings (SSSR count). The average molecular weight is 415 g/mol. The van der Waals surface area contributed by atoms with Crippen molar-refractivity contribution in [3.63, 3.8) is 0 Å². The first-order valence-electron chi connectivity index (χ1n) is 9.66. The van der Waals surface area contributed by atoms with Crippen LogP contribution in [0.25, 0.3) is 11.0 Å². The van der Waals surface area contributed by atoms with Gasteiger partial charge in [0.25, 0.3) is 0 Å². The molecule has 6 nitrogen and oxygen atoms in total. The Morgan fingerprint density at radius 1 is 1.00 bits per heavy atom. The maximum absolute atomic E-state index is 11.4. The van der Waals surface area contributed by atoms with Gasteiger partial charge in [-0.05, 0) is 29.8 Å². The second-order valence-corrected chi connectivity index (χ2v) is 7.64. The van der Waals surface area contributed by atoms with Crippen LogP contribution in [0.15, 0.2) is 57.7 Å². The van der Waals surface area contributed by atoms with Crippen molar-refractivity contribution in [3.8, 4) is 11.5 Å². The maximum Gasteiger partial charge on any atom is 0.339 e. The van der Waals surface area contributed by atoms with Gasteiger partial charge in [-0.2, -0.15) is 0 Å². The SMILES string of the molecule is O=c1cc(O)c2ccc(OCCN3CCN(Cc4ccc(Cl)cc4)CC3)cc2o1. The number of hydrogen-bond acceptors (Lipinski definition) is 6. The van der Waals surface area contributed by atoms with Gasteiger partial charge in [-0.15, -0.1) is 0 Å². The van der Waals surface area contributed by atoms with E-state index in [1.807, 2.05) is 12.1 Å². The van der Waals surface area contributed by atoms with E-state index in [1.54, 1.807) is 18.2 Å². The van der Waals surface area contributed by atoms with Crippen LogP contribution in [0.2, 0.25) is 5.02 Å². The molecule has 1 aromatic heterocycles. The second-order valence-electron chi connectivity index (χ2n) is 7.20. The molecular formula is C22H23ClN2O4. The van der Waals surface area contributed by atoms with E-state index >= 15 is 0 Å². The molecule has 2 heterocycles. The smallest absolute Gasteiger partial charge is 0.339 e. The van der Waals surface area contributed by atoms with Crippen LogP contribution in [-0.2, 0) is 6.54 Å². The molecule has 1 saturated heterocycles. The van der Waals surface area contributed by atoms with Gasteiger partial charge in [-0.25, -0.2) is 4.79 Å². The average Bonchev–Trinajstić information content (AvgIpc) is 2.71. The molecule has 0 saturated carbocycles. The number of benzene rings is 2. The highest BCUT2D eigenvalue weighted by molar-refractivity contribution is 6.30. The first-order valence-corrected chi connectivity index (χ1v) is 10.0. The number of nitrogens with zero attached hydrogens (tertiary/aromatic N) is 2. The molecule has 3 aromatic rings. The Kier molecular flexibility index (Phi) is 6.04. The molecule has 0 unspecified atom stereocenters. The lowest BCUT2D eigenvalue weighted by Gasteiger charge is -2.34. The van der Waals surface area contributed by atoms with Crippen LogP contribution < -0.4 is 10.4 Å². The minimum absolute atomic E-state index is 0.0840. The first kappa shape index (κ1) is 19.8. The van der Waals surface area contributed by atoms with E-state index in [4.69, 9.17) is 20.8 Å². The fourth-order valence-electron chi connectivity index (χ4n) is 3.53. The highest BCUT2D eigenvalue weighted by atomic mass is 35.5. The third-order valence-electron chi connectivity index (χ3n) is 5.15. The quantitative estimate of drug-likeness (QED) is 0.624. The summed E-state index contributed by atoms with van der Waals surface area (Å²) in [4.78, 5) is 16.2. The molecule has 1 aliphatic rings. The Morgan fingerprint density at radius 2 is 1.72 bits per heavy atom. The number of piperazine rings is 1. The lowest BCUT2D eigenvalue weighted by Crippen LogP contribution is -2.47. The number of hydrogen-bond donors (Lipinski definition) is 1. The number of aromatic hydroxyl groups is 1. The van der Waals surface area contributed by atoms with Crippen molar-refractivity contribution in [3.05, 3.63) is 69.5 Å². The van der Waals surface area contributed by atoms with E-state index < -0.39 is 5.63 Å². The van der Waals surface area contributed by atoms with E-state index in [9.17, 15) is 9.90 Å². The summed E-state index contributed by atoms with van der Waals surface area (Å²) in [5.41, 5.74) is 1.02. The summed E-state index contributed by atoms with van der Waals surface area (Å²) in [5.74, 6) is 0.534. The molecule has 29 heavy (non-hydrogen) atoms. The highest BCUT2D eigenvalue weighted by Crippen LogP contribution is 2.26. The number of rotatable bonds is 6. The van der Waals surface area contributed by atoms with E-state index in [0.717, 1.165) is 50.4 Å². The third kappa shape index (κ3) is 5.09. The van der Waals surface area contributed by atoms with Crippen LogP contribution in [0.3, 0.4) is 0 Å². The lowest BCUT2D eigenvalue weighted by molar-refractivity contribution is 0.112. The molecule has 0 atom stereocenters. The summed E-state index contributed by atoms with van der Waals surface area (Å²) in [5, 5.41) is 11.1. The van der Waals surface area contributed by atoms with Gasteiger partial charge < -0.3 is 14.3 Å². The van der Waals surface area contributed by atoms with E-state index in [-0.39, 0.29) is 5.75 Å². The van der Waals surface area contributed by atoms with Crippen LogP contribution >= 0.6 is 11.6 Å². The maximum atomic E-state index is 11.4. The van der Waals surface area contributed by atoms with Crippen LogP contribution in [0.4, 0.5) is 0 Å². The molecular weight excluding hydrogens is 392 g/mol. The number of ether oxygens (including phenoxy) is 1. The Balaban J connectivity index is 1.24. The highest BCUT2D eigenvalue weighted by Gasteiger charge is 2.17. The fourth-order valence-corrected chi connectivity index (χ4v) is 3.65. The predicted molar refractivity (Wildman–Crippen MR) is 113 cm³/mol. The fraction of sp³-hybridized carbons (Fsp3) is 0.318. The van der Waals surface area contributed by atoms with E-state index in [1.165, 1.54) is 5.56 Å². The van der Waals surface area contributed by atoms with E-state index in [2.05, 4.69) is 21.9 Å². The van der Waals surface area contributed by atoms with Gasteiger partial charge in [-0.1, -0.05) is 23.7 Å². The summed E-state index contributed by atoms with van der Waals surface area (Å²) in [6.45, 7) is 6.35. The van der Waals surface area contributed by atoms with Gasteiger partial charge in [0.2, 0.25) is 0 Å². The zero-order valence-electron chi connectivity index (χ0n) is 16.0. The van der Waals surface area contributed by atoms with Gasteiger partial charge in [-0.3, -0.25) is 9.80 Å². The lowest BCUT2D eigenvalue weighted by atomic mass is 10.2. The van der Waals surface area contributed by atoms with Crippen molar-refractivity contribution >= 4 is 22.6 Å². The summed E-state index contributed by atoms with van der Waals surface area (Å²) in [7, 11) is 0. The van der Waals surface area contributed by atoms with Crippen molar-refractivity contribution in [2.75, 3.05) is 39.3 Å². The second kappa shape index (κ2) is 8.86. The molecule has 1 fully saturated rings. The molecule has 0 radical (unpaired) electrons. The summed E-state index contributed by atoms with van der Waals surface area (Å²) in [6.07, 6.45) is 0. The molecule has 7 heteroatoms. The molecule has 1 N–H and O–H groups in total. The van der Waals surface area contributed by atoms with Crippen molar-refractivity contribution in [2.45, 2.75) is 6.54 Å². The minimum atomic E-state index is -0.580. The molecule has 0 spiro atoms. The van der Waals surface area contributed by atoms with Crippen molar-refractivity contribution in [1.82, 2.24) is 9.80 Å². The van der Waals surface area contributed by atoms with Crippen LogP contribution in [-0.4, -0.2) is 54.2 Å². The van der Waals surface area contributed by atoms with Gasteiger partial charge >= 0.3 is 5.63 Å². The molecule has 2 aromatic carbocycles. The number of fused-ring (bicyclic) bond motifs is 1. The van der Waals surface area contributed by atoms with Crippen LogP contribution in [0.1, 0.15) is 5.56 Å². The molecule has 152 valence electrons. The Hall–Kier alpha value is -2.54. The van der Waals surface area contributed by atoms with E-state index in [0.29, 0.717) is 23.3 Å². The largest absolute Gasteiger partial charge is 0.507 e. The molecule has 1 aliphatic heterocycles. The normalized spacial score (nSPS) is 15.6. The van der Waals surface area contributed by atoms with Gasteiger partial charge in [0.15, 0.2) is 0 Å². The van der Waals surface area contributed by atoms with Gasteiger partial charge in [0.1, 0.15) is 23.7 Å².